The second kappa shape index (κ2) is 10.7. The Balaban J connectivity index is 1.99. The zero-order valence-electron chi connectivity index (χ0n) is 18.0. The van der Waals surface area contributed by atoms with Crippen molar-refractivity contribution >= 4 is 52.2 Å². The zero-order valence-corrected chi connectivity index (χ0v) is 19.7. The van der Waals surface area contributed by atoms with E-state index in [1.807, 2.05) is 5.43 Å². The van der Waals surface area contributed by atoms with Gasteiger partial charge in [-0.1, -0.05) is 11.6 Å². The number of halogens is 1. The molecule has 1 aliphatic heterocycles. The van der Waals surface area contributed by atoms with E-state index in [2.05, 4.69) is 10.4 Å². The van der Waals surface area contributed by atoms with Crippen LogP contribution in [0.5, 0.6) is 11.5 Å². The summed E-state index contributed by atoms with van der Waals surface area (Å²) in [7, 11) is -3.43. The summed E-state index contributed by atoms with van der Waals surface area (Å²) in [5.74, 6) is -4.71. The summed E-state index contributed by atoms with van der Waals surface area (Å²) < 4.78 is 21.7. The average molecular weight is 519 g/mol. The average Bonchev–Trinajstić information content (AvgIpc) is 2.75. The van der Waals surface area contributed by atoms with E-state index in [0.717, 1.165) is 24.1 Å². The highest BCUT2D eigenvalue weighted by atomic mass is 35.5. The maximum Gasteiger partial charge on any atom is 0.328 e. The molecule has 186 valence electrons. The molecule has 1 heterocycles. The van der Waals surface area contributed by atoms with Crippen LogP contribution in [0.4, 0.5) is 0 Å². The third kappa shape index (κ3) is 5.56. The number of β-lactam (4-membered cyclic amide) rings is 1. The Labute approximate surface area is 200 Å². The minimum atomic E-state index is -3.43. The van der Waals surface area contributed by atoms with Crippen LogP contribution >= 0.6 is 11.6 Å². The van der Waals surface area contributed by atoms with Gasteiger partial charge < -0.3 is 25.5 Å². The minimum Gasteiger partial charge on any atom is -0.504 e. The molecule has 3 atom stereocenters. The van der Waals surface area contributed by atoms with Crippen LogP contribution in [0.3, 0.4) is 0 Å². The molecule has 0 bridgehead atoms. The van der Waals surface area contributed by atoms with Gasteiger partial charge in [0, 0.05) is 31.6 Å². The van der Waals surface area contributed by atoms with E-state index in [9.17, 15) is 42.9 Å². The van der Waals surface area contributed by atoms with Gasteiger partial charge in [0.1, 0.15) is 4.75 Å². The number of thiol groups is 1. The van der Waals surface area contributed by atoms with E-state index in [0.29, 0.717) is 0 Å². The van der Waals surface area contributed by atoms with Crippen molar-refractivity contribution in [2.75, 3.05) is 6.54 Å². The number of nitrogens with one attached hydrogen (secondary N) is 2. The van der Waals surface area contributed by atoms with Gasteiger partial charge in [-0.2, -0.15) is 5.10 Å². The predicted octanol–water partition coefficient (Wildman–Crippen LogP) is -0.583. The van der Waals surface area contributed by atoms with Crippen molar-refractivity contribution in [3.05, 3.63) is 22.7 Å². The third-order valence-electron chi connectivity index (χ3n) is 5.18. The molecular formula is C19H23ClN4O9S. The Hall–Kier alpha value is -3.39. The molecule has 0 aliphatic carbocycles. The van der Waals surface area contributed by atoms with Crippen molar-refractivity contribution in [3.8, 4) is 11.5 Å². The number of phenols is 2. The largest absolute Gasteiger partial charge is 0.504 e. The molecule has 3 amide bonds. The number of hydrogen-bond acceptors (Lipinski definition) is 9. The molecule has 1 aromatic carbocycles. The molecule has 1 aromatic rings. The van der Waals surface area contributed by atoms with Crippen molar-refractivity contribution in [1.29, 1.82) is 0 Å². The number of benzene rings is 1. The van der Waals surface area contributed by atoms with E-state index >= 15 is 0 Å². The van der Waals surface area contributed by atoms with Gasteiger partial charge in [0.05, 0.1) is 10.6 Å². The quantitative estimate of drug-likeness (QED) is 0.0769. The van der Waals surface area contributed by atoms with E-state index < -0.39 is 62.7 Å². The van der Waals surface area contributed by atoms with Crippen LogP contribution in [-0.4, -0.2) is 81.9 Å². The van der Waals surface area contributed by atoms with E-state index in [-0.39, 0.29) is 30.0 Å². The van der Waals surface area contributed by atoms with Gasteiger partial charge in [0.2, 0.25) is 11.8 Å². The maximum atomic E-state index is 12.1. The molecular weight excluding hydrogens is 496 g/mol. The van der Waals surface area contributed by atoms with Gasteiger partial charge in [-0.15, -0.1) is 0 Å². The molecule has 2 rings (SSSR count). The van der Waals surface area contributed by atoms with Crippen molar-refractivity contribution in [2.45, 2.75) is 43.5 Å². The smallest absolute Gasteiger partial charge is 0.328 e. The van der Waals surface area contributed by atoms with Crippen molar-refractivity contribution in [3.63, 3.8) is 0 Å². The van der Waals surface area contributed by atoms with Gasteiger partial charge in [0.25, 0.3) is 5.91 Å². The van der Waals surface area contributed by atoms with E-state index in [4.69, 9.17) is 11.6 Å². The van der Waals surface area contributed by atoms with Gasteiger partial charge >= 0.3 is 5.97 Å². The molecule has 1 aliphatic rings. The fraction of sp³-hybridized carbons (Fsp3) is 0.421. The first-order chi connectivity index (χ1) is 15.8. The second-order valence-corrected chi connectivity index (χ2v) is 9.53. The van der Waals surface area contributed by atoms with E-state index in [1.54, 1.807) is 6.92 Å². The monoisotopic (exact) mass is 518 g/mol. The van der Waals surface area contributed by atoms with Crippen LogP contribution in [0.2, 0.25) is 5.02 Å². The van der Waals surface area contributed by atoms with Gasteiger partial charge in [-0.3, -0.25) is 14.4 Å². The van der Waals surface area contributed by atoms with Crippen LogP contribution in [0.1, 0.15) is 37.0 Å². The SMILES string of the molecule is C[C@@H]1CC(=O)N1[C@@H](C(=O)O)[C@](C)(/C=N/NC(=O)CCNC(=O)c1ccc(O)c(O)c1Cl)[SH](=O)=O. The lowest BCUT2D eigenvalue weighted by Crippen LogP contribution is -2.66. The molecule has 15 heteroatoms. The Kier molecular flexibility index (Phi) is 8.45. The standard InChI is InChI=1S/C19H23ClN4O9S/c1-9-7-13(27)24(9)16(18(30)31)19(2,34(32)33)8-22-23-12(26)5-6-21-17(29)10-3-4-11(25)15(28)14(10)20/h3-4,8-9,16,25,28,34H,5-7H2,1-2H3,(H,21,29)(H,23,26)(H,30,31)/b22-8+/t9-,16+,19+/m1/s1. The first-order valence-corrected chi connectivity index (χ1v) is 11.4. The number of rotatable bonds is 10. The van der Waals surface area contributed by atoms with Crippen LogP contribution in [0.25, 0.3) is 0 Å². The number of phenolic OH excluding ortho intramolecular Hbond substituents is 2. The lowest BCUT2D eigenvalue weighted by molar-refractivity contribution is -0.161. The summed E-state index contributed by atoms with van der Waals surface area (Å²) in [6.45, 7) is 2.46. The number of carbonyl (C=O) groups excluding carboxylic acids is 3. The fourth-order valence-electron chi connectivity index (χ4n) is 3.26. The first kappa shape index (κ1) is 26.9. The minimum absolute atomic E-state index is 0.0874. The summed E-state index contributed by atoms with van der Waals surface area (Å²) in [6, 6.07) is 0.0218. The van der Waals surface area contributed by atoms with Gasteiger partial charge in [0.15, 0.2) is 28.2 Å². The number of hydrogen-bond donors (Lipinski definition) is 6. The van der Waals surface area contributed by atoms with Gasteiger partial charge in [-0.25, -0.2) is 18.6 Å². The van der Waals surface area contributed by atoms with Crippen molar-refractivity contribution < 1.29 is 42.9 Å². The van der Waals surface area contributed by atoms with Crippen molar-refractivity contribution in [2.24, 2.45) is 5.10 Å². The molecule has 34 heavy (non-hydrogen) atoms. The fourth-order valence-corrected chi connectivity index (χ4v) is 4.09. The Morgan fingerprint density at radius 2 is 2.00 bits per heavy atom. The molecule has 13 nitrogen and oxygen atoms in total. The maximum absolute atomic E-state index is 12.1. The highest BCUT2D eigenvalue weighted by Crippen LogP contribution is 2.35. The van der Waals surface area contributed by atoms with Crippen LogP contribution in [0.15, 0.2) is 17.2 Å². The molecule has 0 spiro atoms. The lowest BCUT2D eigenvalue weighted by atomic mass is 9.92. The molecule has 0 aromatic heterocycles. The third-order valence-corrected chi connectivity index (χ3v) is 6.71. The molecule has 0 radical (unpaired) electrons. The highest BCUT2D eigenvalue weighted by Gasteiger charge is 2.52. The number of hydrazone groups is 1. The predicted molar refractivity (Wildman–Crippen MR) is 119 cm³/mol. The van der Waals surface area contributed by atoms with Crippen LogP contribution < -0.4 is 10.7 Å². The first-order valence-electron chi connectivity index (χ1n) is 9.81. The zero-order chi connectivity index (χ0) is 25.8. The van der Waals surface area contributed by atoms with Crippen LogP contribution in [-0.2, 0) is 25.1 Å². The number of amides is 3. The summed E-state index contributed by atoms with van der Waals surface area (Å²) in [5.41, 5.74) is 1.90. The molecule has 1 saturated heterocycles. The Bertz CT molecular complexity index is 1120. The summed E-state index contributed by atoms with van der Waals surface area (Å²) >= 11 is 5.79. The van der Waals surface area contributed by atoms with Gasteiger partial charge in [-0.05, 0) is 26.0 Å². The Morgan fingerprint density at radius 3 is 2.53 bits per heavy atom. The highest BCUT2D eigenvalue weighted by molar-refractivity contribution is 7.75. The second-order valence-electron chi connectivity index (χ2n) is 7.67. The molecule has 0 unspecified atom stereocenters. The normalized spacial score (nSPS) is 18.3. The lowest BCUT2D eigenvalue weighted by Gasteiger charge is -2.45. The Morgan fingerprint density at radius 1 is 1.35 bits per heavy atom. The molecule has 0 saturated carbocycles. The summed E-state index contributed by atoms with van der Waals surface area (Å²) in [4.78, 5) is 48.7. The number of aromatic hydroxyl groups is 2. The number of nitrogens with zero attached hydrogens (tertiary/aromatic N) is 2. The molecule has 1 fully saturated rings. The summed E-state index contributed by atoms with van der Waals surface area (Å²) in [5, 5.41) is 34.0. The number of carboxylic acids is 1. The number of carboxylic acid groups (broad SMARTS) is 1. The number of likely N-dealkylation sites (tertiary alicyclic amines) is 1. The topological polar surface area (TPSA) is 203 Å². The van der Waals surface area contributed by atoms with Crippen molar-refractivity contribution in [1.82, 2.24) is 15.6 Å². The number of carbonyl (C=O) groups is 4. The number of aliphatic carboxylic acids is 1. The molecule has 5 N–H and O–H groups in total. The summed E-state index contributed by atoms with van der Waals surface area (Å²) in [6.07, 6.45) is 0.532. The van der Waals surface area contributed by atoms with E-state index in [1.165, 1.54) is 6.07 Å². The van der Waals surface area contributed by atoms with Crippen LogP contribution in [0, 0.1) is 0 Å².